The number of carbonyl (C=O) groups excluding carboxylic acids is 1. The average molecular weight is 292 g/mol. The number of carbonyl (C=O) groups is 1. The van der Waals surface area contributed by atoms with Crippen LogP contribution in [0.1, 0.15) is 18.6 Å². The lowest BCUT2D eigenvalue weighted by molar-refractivity contribution is -0.109. The minimum Gasteiger partial charge on any atom is -0.494 e. The highest BCUT2D eigenvalue weighted by molar-refractivity contribution is 8.13. The zero-order chi connectivity index (χ0) is 14.6. The Morgan fingerprint density at radius 1 is 1.42 bits per heavy atom. The molecule has 0 aliphatic heterocycles. The van der Waals surface area contributed by atoms with Gasteiger partial charge in [-0.25, -0.2) is 4.39 Å². The Balaban J connectivity index is 2.90. The van der Waals surface area contributed by atoms with Crippen molar-refractivity contribution in [3.8, 4) is 5.75 Å². The SMILES string of the molecule is COc1cc(C(O)C(O)CSC(C)=O)cc(F)c1F. The number of methoxy groups -OCH3 is 1. The molecule has 2 unspecified atom stereocenters. The molecule has 1 aromatic rings. The molecule has 0 saturated heterocycles. The fraction of sp³-hybridized carbons (Fsp3) is 0.417. The summed E-state index contributed by atoms with van der Waals surface area (Å²) in [6.07, 6.45) is -2.71. The second kappa shape index (κ2) is 6.83. The largest absolute Gasteiger partial charge is 0.494 e. The highest BCUT2D eigenvalue weighted by Crippen LogP contribution is 2.27. The number of halogens is 2. The van der Waals surface area contributed by atoms with Crippen molar-refractivity contribution in [3.05, 3.63) is 29.3 Å². The summed E-state index contributed by atoms with van der Waals surface area (Å²) in [5.41, 5.74) is -0.0209. The van der Waals surface area contributed by atoms with Gasteiger partial charge in [-0.15, -0.1) is 0 Å². The zero-order valence-corrected chi connectivity index (χ0v) is 11.2. The first-order valence-corrected chi connectivity index (χ1v) is 6.37. The molecule has 1 aromatic carbocycles. The van der Waals surface area contributed by atoms with Gasteiger partial charge in [0.1, 0.15) is 6.10 Å². The molecule has 0 radical (unpaired) electrons. The first kappa shape index (κ1) is 15.9. The van der Waals surface area contributed by atoms with Crippen molar-refractivity contribution in [2.45, 2.75) is 19.1 Å². The van der Waals surface area contributed by atoms with Gasteiger partial charge in [-0.1, -0.05) is 11.8 Å². The molecule has 4 nitrogen and oxygen atoms in total. The Hall–Kier alpha value is -1.18. The Bertz CT molecular complexity index is 467. The van der Waals surface area contributed by atoms with E-state index in [0.717, 1.165) is 31.0 Å². The van der Waals surface area contributed by atoms with Gasteiger partial charge >= 0.3 is 0 Å². The molecule has 0 heterocycles. The maximum absolute atomic E-state index is 13.3. The molecule has 1 rings (SSSR count). The molecule has 0 amide bonds. The second-order valence-electron chi connectivity index (χ2n) is 3.83. The molecule has 2 N–H and O–H groups in total. The van der Waals surface area contributed by atoms with Crippen LogP contribution in [0.2, 0.25) is 0 Å². The van der Waals surface area contributed by atoms with Gasteiger partial charge in [0.25, 0.3) is 0 Å². The lowest BCUT2D eigenvalue weighted by Crippen LogP contribution is -2.21. The fourth-order valence-corrected chi connectivity index (χ4v) is 2.01. The number of rotatable bonds is 5. The van der Waals surface area contributed by atoms with E-state index in [1.54, 1.807) is 0 Å². The predicted molar refractivity (Wildman–Crippen MR) is 67.0 cm³/mol. The molecule has 106 valence electrons. The number of hydrogen-bond donors (Lipinski definition) is 2. The smallest absolute Gasteiger partial charge is 0.200 e. The first-order chi connectivity index (χ1) is 8.86. The molecular weight excluding hydrogens is 278 g/mol. The first-order valence-electron chi connectivity index (χ1n) is 5.39. The highest BCUT2D eigenvalue weighted by Gasteiger charge is 2.22. The maximum atomic E-state index is 13.3. The van der Waals surface area contributed by atoms with Crippen LogP contribution >= 0.6 is 11.8 Å². The molecule has 0 aromatic heterocycles. The van der Waals surface area contributed by atoms with E-state index in [1.165, 1.54) is 6.92 Å². The van der Waals surface area contributed by atoms with Gasteiger partial charge in [0, 0.05) is 12.7 Å². The number of thioether (sulfide) groups is 1. The quantitative estimate of drug-likeness (QED) is 0.863. The minimum absolute atomic E-state index is 0.0209. The van der Waals surface area contributed by atoms with E-state index >= 15 is 0 Å². The molecule has 0 fully saturated rings. The summed E-state index contributed by atoms with van der Waals surface area (Å²) >= 11 is 0.832. The van der Waals surface area contributed by atoms with Crippen molar-refractivity contribution in [2.24, 2.45) is 0 Å². The molecule has 0 saturated carbocycles. The van der Waals surface area contributed by atoms with Crippen molar-refractivity contribution in [1.82, 2.24) is 0 Å². The van der Waals surface area contributed by atoms with Crippen LogP contribution in [0, 0.1) is 11.6 Å². The Morgan fingerprint density at radius 2 is 2.05 bits per heavy atom. The van der Waals surface area contributed by atoms with Crippen molar-refractivity contribution in [1.29, 1.82) is 0 Å². The van der Waals surface area contributed by atoms with E-state index in [9.17, 15) is 23.8 Å². The number of aliphatic hydroxyl groups excluding tert-OH is 2. The van der Waals surface area contributed by atoms with E-state index in [2.05, 4.69) is 4.74 Å². The predicted octanol–water partition coefficient (Wildman–Crippen LogP) is 1.65. The Morgan fingerprint density at radius 3 is 2.58 bits per heavy atom. The third-order valence-electron chi connectivity index (χ3n) is 2.40. The Kier molecular flexibility index (Phi) is 5.71. The van der Waals surface area contributed by atoms with Gasteiger partial charge in [0.2, 0.25) is 5.82 Å². The van der Waals surface area contributed by atoms with Crippen molar-refractivity contribution in [2.75, 3.05) is 12.9 Å². The molecule has 0 aliphatic rings. The van der Waals surface area contributed by atoms with Gasteiger partial charge in [0.15, 0.2) is 16.7 Å². The van der Waals surface area contributed by atoms with E-state index in [-0.39, 0.29) is 22.2 Å². The number of aliphatic hydroxyl groups is 2. The topological polar surface area (TPSA) is 66.8 Å². The lowest BCUT2D eigenvalue weighted by Gasteiger charge is -2.18. The van der Waals surface area contributed by atoms with Crippen LogP contribution < -0.4 is 4.74 Å². The summed E-state index contributed by atoms with van der Waals surface area (Å²) in [6.45, 7) is 1.32. The van der Waals surface area contributed by atoms with Gasteiger partial charge in [-0.05, 0) is 17.7 Å². The highest BCUT2D eigenvalue weighted by atomic mass is 32.2. The summed E-state index contributed by atoms with van der Waals surface area (Å²) in [7, 11) is 1.16. The van der Waals surface area contributed by atoms with Crippen molar-refractivity contribution in [3.63, 3.8) is 0 Å². The molecule has 2 atom stereocenters. The number of benzene rings is 1. The standard InChI is InChI=1S/C12H14F2O4S/c1-6(15)19-5-9(16)12(17)7-3-8(13)11(14)10(4-7)18-2/h3-4,9,12,16-17H,5H2,1-2H3. The van der Waals surface area contributed by atoms with E-state index in [4.69, 9.17) is 0 Å². The summed E-state index contributed by atoms with van der Waals surface area (Å²) in [5.74, 6) is -2.75. The second-order valence-corrected chi connectivity index (χ2v) is 5.03. The van der Waals surface area contributed by atoms with Crippen molar-refractivity contribution >= 4 is 16.9 Å². The Labute approximate surface area is 113 Å². The number of hydrogen-bond acceptors (Lipinski definition) is 5. The van der Waals surface area contributed by atoms with Gasteiger partial charge in [0.05, 0.1) is 13.2 Å². The molecular formula is C12H14F2O4S. The van der Waals surface area contributed by atoms with Crippen molar-refractivity contribution < 1.29 is 28.5 Å². The van der Waals surface area contributed by atoms with E-state index in [0.29, 0.717) is 0 Å². The fourth-order valence-electron chi connectivity index (χ4n) is 1.42. The van der Waals surface area contributed by atoms with Gasteiger partial charge in [-0.2, -0.15) is 4.39 Å². The van der Waals surface area contributed by atoms with Crippen LogP contribution in [0.3, 0.4) is 0 Å². The average Bonchev–Trinajstić information content (AvgIpc) is 2.37. The van der Waals surface area contributed by atoms with Gasteiger partial charge in [-0.3, -0.25) is 4.79 Å². The van der Waals surface area contributed by atoms with Crippen LogP contribution in [0.5, 0.6) is 5.75 Å². The zero-order valence-electron chi connectivity index (χ0n) is 10.4. The third kappa shape index (κ3) is 4.15. The lowest BCUT2D eigenvalue weighted by atomic mass is 10.0. The maximum Gasteiger partial charge on any atom is 0.200 e. The van der Waals surface area contributed by atoms with E-state index in [1.807, 2.05) is 0 Å². The monoisotopic (exact) mass is 292 g/mol. The summed E-state index contributed by atoms with van der Waals surface area (Å²) < 4.78 is 31.1. The van der Waals surface area contributed by atoms with Crippen LogP contribution in [0.4, 0.5) is 8.78 Å². The van der Waals surface area contributed by atoms with Gasteiger partial charge < -0.3 is 14.9 Å². The van der Waals surface area contributed by atoms with Crippen LogP contribution in [0.25, 0.3) is 0 Å². The van der Waals surface area contributed by atoms with Crippen LogP contribution in [0.15, 0.2) is 12.1 Å². The molecule has 0 aliphatic carbocycles. The minimum atomic E-state index is -1.43. The molecule has 19 heavy (non-hydrogen) atoms. The van der Waals surface area contributed by atoms with Crippen LogP contribution in [-0.2, 0) is 4.79 Å². The molecule has 7 heteroatoms. The third-order valence-corrected chi connectivity index (χ3v) is 3.32. The summed E-state index contributed by atoms with van der Waals surface area (Å²) in [5, 5.41) is 19.3. The normalized spacial score (nSPS) is 14.0. The summed E-state index contributed by atoms with van der Waals surface area (Å²) in [4.78, 5) is 10.7. The van der Waals surface area contributed by atoms with Crippen LogP contribution in [-0.4, -0.2) is 34.3 Å². The molecule has 0 bridgehead atoms. The van der Waals surface area contributed by atoms with E-state index < -0.39 is 23.8 Å². The molecule has 0 spiro atoms. The summed E-state index contributed by atoms with van der Waals surface area (Å²) in [6, 6.07) is 1.88. The number of ether oxygens (including phenoxy) is 1.